The minimum Gasteiger partial charge on any atom is -0.495 e. The summed E-state index contributed by atoms with van der Waals surface area (Å²) in [4.78, 5) is 27.3. The van der Waals surface area contributed by atoms with Crippen LogP contribution in [0.15, 0.2) is 39.3 Å². The van der Waals surface area contributed by atoms with E-state index >= 15 is 0 Å². The Bertz CT molecular complexity index is 1120. The van der Waals surface area contributed by atoms with Crippen molar-refractivity contribution >= 4 is 87.5 Å². The molecule has 1 aromatic heterocycles. The molecular formula is C16H10Br2N4O4S2. The van der Waals surface area contributed by atoms with Crippen LogP contribution in [0, 0.1) is 10.1 Å². The SMILES string of the molecule is COc1c(Br)cc(Br)cc1C(=O)NC(=S)Nc1nc2ccc([N+](=O)[O-])cc2s1. The number of benzene rings is 2. The first-order valence-electron chi connectivity index (χ1n) is 7.49. The Hall–Kier alpha value is -2.15. The molecule has 0 atom stereocenters. The zero-order valence-electron chi connectivity index (χ0n) is 14.0. The number of anilines is 1. The van der Waals surface area contributed by atoms with E-state index in [1.54, 1.807) is 18.2 Å². The van der Waals surface area contributed by atoms with Crippen molar-refractivity contribution < 1.29 is 14.5 Å². The van der Waals surface area contributed by atoms with Crippen LogP contribution in [-0.2, 0) is 0 Å². The molecule has 12 heteroatoms. The summed E-state index contributed by atoms with van der Waals surface area (Å²) in [6, 6.07) is 7.73. The molecule has 1 amide bonds. The number of aromatic nitrogens is 1. The molecule has 3 rings (SSSR count). The van der Waals surface area contributed by atoms with Gasteiger partial charge in [0.15, 0.2) is 10.2 Å². The Labute approximate surface area is 184 Å². The van der Waals surface area contributed by atoms with Gasteiger partial charge in [-0.1, -0.05) is 27.3 Å². The van der Waals surface area contributed by atoms with Crippen molar-refractivity contribution in [1.29, 1.82) is 0 Å². The molecule has 0 radical (unpaired) electrons. The van der Waals surface area contributed by atoms with Crippen LogP contribution in [0.1, 0.15) is 10.4 Å². The quantitative estimate of drug-likeness (QED) is 0.274. The summed E-state index contributed by atoms with van der Waals surface area (Å²) in [6.45, 7) is 0. The number of fused-ring (bicyclic) bond motifs is 1. The molecule has 1 heterocycles. The number of methoxy groups -OCH3 is 1. The zero-order valence-corrected chi connectivity index (χ0v) is 18.8. The van der Waals surface area contributed by atoms with Crippen LogP contribution in [0.25, 0.3) is 10.2 Å². The van der Waals surface area contributed by atoms with E-state index in [-0.39, 0.29) is 16.4 Å². The van der Waals surface area contributed by atoms with E-state index in [4.69, 9.17) is 17.0 Å². The highest BCUT2D eigenvalue weighted by Gasteiger charge is 2.18. The second-order valence-electron chi connectivity index (χ2n) is 5.30. The molecule has 0 spiro atoms. The second-order valence-corrected chi connectivity index (χ2v) is 8.51. The Morgan fingerprint density at radius 1 is 1.32 bits per heavy atom. The van der Waals surface area contributed by atoms with Gasteiger partial charge in [-0.2, -0.15) is 0 Å². The molecule has 2 aromatic carbocycles. The molecule has 3 aromatic rings. The van der Waals surface area contributed by atoms with Gasteiger partial charge in [-0.3, -0.25) is 20.2 Å². The number of nitro benzene ring substituents is 1. The van der Waals surface area contributed by atoms with Gasteiger partial charge < -0.3 is 10.1 Å². The number of nitrogens with zero attached hydrogens (tertiary/aromatic N) is 2. The van der Waals surface area contributed by atoms with E-state index < -0.39 is 10.8 Å². The highest BCUT2D eigenvalue weighted by molar-refractivity contribution is 9.11. The zero-order chi connectivity index (χ0) is 20.4. The molecule has 0 aliphatic heterocycles. The minimum atomic E-state index is -0.472. The van der Waals surface area contributed by atoms with Crippen molar-refractivity contribution in [2.24, 2.45) is 0 Å². The summed E-state index contributed by atoms with van der Waals surface area (Å²) < 4.78 is 7.20. The number of hydrogen-bond donors (Lipinski definition) is 2. The van der Waals surface area contributed by atoms with Crippen molar-refractivity contribution in [2.45, 2.75) is 0 Å². The lowest BCUT2D eigenvalue weighted by Crippen LogP contribution is -2.34. The average Bonchev–Trinajstić information content (AvgIpc) is 3.01. The first-order chi connectivity index (χ1) is 13.3. The minimum absolute atomic E-state index is 0.0223. The molecule has 8 nitrogen and oxygen atoms in total. The lowest BCUT2D eigenvalue weighted by atomic mass is 10.2. The van der Waals surface area contributed by atoms with Gasteiger partial charge >= 0.3 is 0 Å². The third kappa shape index (κ3) is 4.46. The largest absolute Gasteiger partial charge is 0.495 e. The predicted octanol–water partition coefficient (Wildman–Crippen LogP) is 4.86. The summed E-state index contributed by atoms with van der Waals surface area (Å²) in [5.74, 6) is -0.0936. The molecule has 0 fully saturated rings. The van der Waals surface area contributed by atoms with Crippen LogP contribution in [0.2, 0.25) is 0 Å². The number of hydrogen-bond acceptors (Lipinski definition) is 7. The predicted molar refractivity (Wildman–Crippen MR) is 118 cm³/mol. The number of carbonyl (C=O) groups is 1. The van der Waals surface area contributed by atoms with Gasteiger partial charge in [0.05, 0.1) is 32.3 Å². The number of ether oxygens (including phenoxy) is 1. The molecule has 0 aliphatic rings. The van der Waals surface area contributed by atoms with E-state index in [0.29, 0.717) is 30.0 Å². The topological polar surface area (TPSA) is 106 Å². The van der Waals surface area contributed by atoms with Crippen LogP contribution in [0.5, 0.6) is 5.75 Å². The number of carbonyl (C=O) groups excluding carboxylic acids is 1. The fourth-order valence-electron chi connectivity index (χ4n) is 2.32. The first-order valence-corrected chi connectivity index (χ1v) is 10.3. The Balaban J connectivity index is 1.76. The van der Waals surface area contributed by atoms with Gasteiger partial charge in [0, 0.05) is 16.6 Å². The molecule has 0 unspecified atom stereocenters. The van der Waals surface area contributed by atoms with Crippen molar-refractivity contribution in [3.63, 3.8) is 0 Å². The van der Waals surface area contributed by atoms with Gasteiger partial charge in [-0.25, -0.2) is 4.98 Å². The molecule has 0 saturated carbocycles. The summed E-state index contributed by atoms with van der Waals surface area (Å²) >= 11 is 13.0. The summed E-state index contributed by atoms with van der Waals surface area (Å²) in [5.41, 5.74) is 0.851. The maximum absolute atomic E-state index is 12.6. The second kappa shape index (κ2) is 8.47. The monoisotopic (exact) mass is 544 g/mol. The van der Waals surface area contributed by atoms with Crippen molar-refractivity contribution in [2.75, 3.05) is 12.4 Å². The van der Waals surface area contributed by atoms with E-state index in [1.165, 1.54) is 30.6 Å². The fraction of sp³-hybridized carbons (Fsp3) is 0.0625. The van der Waals surface area contributed by atoms with Crippen LogP contribution >= 0.6 is 55.4 Å². The van der Waals surface area contributed by atoms with Gasteiger partial charge in [0.2, 0.25) is 0 Å². The summed E-state index contributed by atoms with van der Waals surface area (Å²) in [7, 11) is 1.46. The lowest BCUT2D eigenvalue weighted by Gasteiger charge is -2.12. The van der Waals surface area contributed by atoms with Gasteiger partial charge in [-0.05, 0) is 46.3 Å². The molecule has 0 aliphatic carbocycles. The third-order valence-electron chi connectivity index (χ3n) is 3.49. The third-order valence-corrected chi connectivity index (χ3v) is 5.67. The van der Waals surface area contributed by atoms with Crippen LogP contribution in [0.3, 0.4) is 0 Å². The molecule has 2 N–H and O–H groups in total. The van der Waals surface area contributed by atoms with Gasteiger partial charge in [0.1, 0.15) is 5.75 Å². The maximum Gasteiger partial charge on any atom is 0.270 e. The Morgan fingerprint density at radius 2 is 2.07 bits per heavy atom. The molecule has 0 bridgehead atoms. The highest BCUT2D eigenvalue weighted by atomic mass is 79.9. The van der Waals surface area contributed by atoms with Gasteiger partial charge in [0.25, 0.3) is 11.6 Å². The number of halogens is 2. The van der Waals surface area contributed by atoms with Crippen molar-refractivity contribution in [1.82, 2.24) is 10.3 Å². The van der Waals surface area contributed by atoms with E-state index in [2.05, 4.69) is 47.5 Å². The van der Waals surface area contributed by atoms with E-state index in [9.17, 15) is 14.9 Å². The number of non-ortho nitro benzene ring substituents is 1. The van der Waals surface area contributed by atoms with E-state index in [1.807, 2.05) is 0 Å². The number of thiocarbonyl (C=S) groups is 1. The van der Waals surface area contributed by atoms with Crippen LogP contribution in [-0.4, -0.2) is 28.0 Å². The molecular weight excluding hydrogens is 536 g/mol. The summed E-state index contributed by atoms with van der Waals surface area (Å²) in [6.07, 6.45) is 0. The molecule has 0 saturated heterocycles. The Morgan fingerprint density at radius 3 is 2.75 bits per heavy atom. The number of thiazole rings is 1. The smallest absolute Gasteiger partial charge is 0.270 e. The van der Waals surface area contributed by atoms with Crippen molar-refractivity contribution in [3.8, 4) is 5.75 Å². The number of amides is 1. The molecule has 144 valence electrons. The maximum atomic E-state index is 12.6. The first kappa shape index (κ1) is 20.6. The highest BCUT2D eigenvalue weighted by Crippen LogP contribution is 2.33. The Kier molecular flexibility index (Phi) is 6.23. The lowest BCUT2D eigenvalue weighted by molar-refractivity contribution is -0.384. The van der Waals surface area contributed by atoms with Crippen LogP contribution in [0.4, 0.5) is 10.8 Å². The van der Waals surface area contributed by atoms with Crippen LogP contribution < -0.4 is 15.4 Å². The summed E-state index contributed by atoms with van der Waals surface area (Å²) in [5, 5.41) is 16.7. The fourth-order valence-corrected chi connectivity index (χ4v) is 4.86. The molecule has 28 heavy (non-hydrogen) atoms. The van der Waals surface area contributed by atoms with Crippen molar-refractivity contribution in [3.05, 3.63) is 55.0 Å². The number of nitrogens with one attached hydrogen (secondary N) is 2. The average molecular weight is 546 g/mol. The number of nitro groups is 1. The number of rotatable bonds is 4. The normalized spacial score (nSPS) is 10.5. The van der Waals surface area contributed by atoms with Gasteiger partial charge in [-0.15, -0.1) is 0 Å². The van der Waals surface area contributed by atoms with E-state index in [0.717, 1.165) is 0 Å². The standard InChI is InChI=1S/C16H10Br2N4O4S2/c1-26-13-9(4-7(17)5-10(13)18)14(23)20-15(27)21-16-19-11-3-2-8(22(24)25)6-12(11)28-16/h2-6H,1H3,(H2,19,20,21,23,27).